The van der Waals surface area contributed by atoms with E-state index in [4.69, 9.17) is 13.0 Å². The summed E-state index contributed by atoms with van der Waals surface area (Å²) in [6, 6.07) is -1.81. The van der Waals surface area contributed by atoms with Crippen molar-refractivity contribution in [3.05, 3.63) is 0 Å². The molecule has 0 bridgehead atoms. The zero-order chi connectivity index (χ0) is 5.21. The van der Waals surface area contributed by atoms with Crippen LogP contribution in [0.15, 0.2) is 0 Å². The van der Waals surface area contributed by atoms with Crippen LogP contribution in [0.3, 0.4) is 0 Å². The van der Waals surface area contributed by atoms with Crippen molar-refractivity contribution in [3.8, 4) is 0 Å². The van der Waals surface area contributed by atoms with Gasteiger partial charge in [-0.1, -0.05) is 0 Å². The van der Waals surface area contributed by atoms with Crippen molar-refractivity contribution in [1.29, 1.82) is 0 Å². The SMILES string of the molecule is O=S(=O)([O-])CF. The third-order valence-corrected chi connectivity index (χ3v) is 0.401. The smallest absolute Gasteiger partial charge is 0.179 e. The van der Waals surface area contributed by atoms with Crippen molar-refractivity contribution in [3.63, 3.8) is 0 Å². The molecule has 0 aromatic carbocycles. The van der Waals surface area contributed by atoms with E-state index < -0.39 is 16.1 Å². The molecule has 0 saturated carbocycles. The van der Waals surface area contributed by atoms with Crippen LogP contribution in [0.5, 0.6) is 0 Å². The standard InChI is InChI=1S/CH3FO3S/c2-1-6(3,4)5/h1H2,(H,3,4,5)/p-1. The molecule has 0 N–H and O–H groups in total. The summed E-state index contributed by atoms with van der Waals surface area (Å²) in [5.41, 5.74) is 0. The number of hydrogen-bond acceptors (Lipinski definition) is 3. The molecule has 0 aromatic rings. The number of rotatable bonds is 1. The van der Waals surface area contributed by atoms with Gasteiger partial charge in [-0.05, 0) is 0 Å². The predicted octanol–water partition coefficient (Wildman–Crippen LogP) is -0.541. The van der Waals surface area contributed by atoms with Crippen molar-refractivity contribution >= 4 is 10.1 Å². The van der Waals surface area contributed by atoms with Gasteiger partial charge in [-0.3, -0.25) is 0 Å². The molecule has 0 unspecified atom stereocenters. The maximum atomic E-state index is 10.6. The Labute approximate surface area is 34.5 Å². The van der Waals surface area contributed by atoms with E-state index in [0.29, 0.717) is 0 Å². The van der Waals surface area contributed by atoms with Crippen molar-refractivity contribution < 1.29 is 17.4 Å². The molecule has 0 heterocycles. The fourth-order valence-corrected chi connectivity index (χ4v) is 0. The van der Waals surface area contributed by atoms with Gasteiger partial charge in [-0.15, -0.1) is 0 Å². The zero-order valence-corrected chi connectivity index (χ0v) is 3.53. The van der Waals surface area contributed by atoms with E-state index in [1.807, 2.05) is 0 Å². The second-order valence-electron chi connectivity index (χ2n) is 0.667. The van der Waals surface area contributed by atoms with Gasteiger partial charge >= 0.3 is 0 Å². The fraction of sp³-hybridized carbons (Fsp3) is 1.00. The van der Waals surface area contributed by atoms with E-state index in [2.05, 4.69) is 0 Å². The van der Waals surface area contributed by atoms with Crippen molar-refractivity contribution in [2.45, 2.75) is 0 Å². The molecule has 0 spiro atoms. The maximum absolute atomic E-state index is 10.6. The molecule has 3 nitrogen and oxygen atoms in total. The van der Waals surface area contributed by atoms with Crippen LogP contribution in [0.25, 0.3) is 0 Å². The van der Waals surface area contributed by atoms with Crippen LogP contribution in [0.2, 0.25) is 0 Å². The minimum atomic E-state index is -4.58. The first-order chi connectivity index (χ1) is 2.56. The summed E-state index contributed by atoms with van der Waals surface area (Å²) in [6.07, 6.45) is 0. The Hall–Kier alpha value is -0.160. The Bertz CT molecular complexity index is 113. The van der Waals surface area contributed by atoms with E-state index in [1.54, 1.807) is 0 Å². The molecule has 0 saturated heterocycles. The normalized spacial score (nSPS) is 11.7. The number of hydrogen-bond donors (Lipinski definition) is 0. The van der Waals surface area contributed by atoms with Crippen LogP contribution in [-0.2, 0) is 10.1 Å². The van der Waals surface area contributed by atoms with Gasteiger partial charge in [0.1, 0.15) is 10.1 Å². The van der Waals surface area contributed by atoms with Crippen LogP contribution < -0.4 is 0 Å². The quantitative estimate of drug-likeness (QED) is 0.429. The molecule has 0 aliphatic heterocycles. The third kappa shape index (κ3) is 3.84. The fourth-order valence-electron chi connectivity index (χ4n) is 0. The molecular weight excluding hydrogens is 111 g/mol. The monoisotopic (exact) mass is 113 g/mol. The molecular formula is CH2FO3S-. The molecule has 6 heavy (non-hydrogen) atoms. The van der Waals surface area contributed by atoms with Crippen molar-refractivity contribution in [2.75, 3.05) is 6.01 Å². The summed E-state index contributed by atoms with van der Waals surface area (Å²) in [5, 5.41) is 0. The highest BCUT2D eigenvalue weighted by Gasteiger charge is 1.84. The summed E-state index contributed by atoms with van der Waals surface area (Å²) >= 11 is 0. The molecule has 5 heteroatoms. The summed E-state index contributed by atoms with van der Waals surface area (Å²) in [7, 11) is -4.58. The van der Waals surface area contributed by atoms with Crippen LogP contribution in [0.4, 0.5) is 4.39 Å². The zero-order valence-electron chi connectivity index (χ0n) is 2.72. The van der Waals surface area contributed by atoms with Crippen LogP contribution in [-0.4, -0.2) is 19.0 Å². The van der Waals surface area contributed by atoms with Gasteiger partial charge in [0.25, 0.3) is 0 Å². The molecule has 0 aliphatic carbocycles. The van der Waals surface area contributed by atoms with E-state index in [9.17, 15) is 4.39 Å². The third-order valence-electron chi connectivity index (χ3n) is 0.134. The maximum Gasteiger partial charge on any atom is 0.179 e. The highest BCUT2D eigenvalue weighted by atomic mass is 32.2. The Balaban J connectivity index is 3.85. The van der Waals surface area contributed by atoms with Crippen molar-refractivity contribution in [1.82, 2.24) is 0 Å². The molecule has 0 aliphatic rings. The van der Waals surface area contributed by atoms with E-state index in [1.165, 1.54) is 0 Å². The summed E-state index contributed by atoms with van der Waals surface area (Å²) in [6.45, 7) is 0. The lowest BCUT2D eigenvalue weighted by atomic mass is 11.8. The number of halogens is 1. The average Bonchev–Trinajstić information content (AvgIpc) is 1.35. The van der Waals surface area contributed by atoms with E-state index in [0.717, 1.165) is 0 Å². The Morgan fingerprint density at radius 3 is 1.83 bits per heavy atom. The lowest BCUT2D eigenvalue weighted by Crippen LogP contribution is -1.97. The van der Waals surface area contributed by atoms with Gasteiger partial charge in [0.05, 0.1) is 0 Å². The van der Waals surface area contributed by atoms with Gasteiger partial charge in [-0.25, -0.2) is 12.8 Å². The van der Waals surface area contributed by atoms with Crippen LogP contribution >= 0.6 is 0 Å². The molecule has 0 amide bonds. The molecule has 38 valence electrons. The van der Waals surface area contributed by atoms with Gasteiger partial charge in [0, 0.05) is 0 Å². The summed E-state index contributed by atoms with van der Waals surface area (Å²) in [4.78, 5) is 0. The second kappa shape index (κ2) is 1.53. The van der Waals surface area contributed by atoms with Gasteiger partial charge < -0.3 is 4.55 Å². The first-order valence-electron chi connectivity index (χ1n) is 1.06. The van der Waals surface area contributed by atoms with Crippen molar-refractivity contribution in [2.24, 2.45) is 0 Å². The van der Waals surface area contributed by atoms with Gasteiger partial charge in [-0.2, -0.15) is 0 Å². The highest BCUT2D eigenvalue weighted by molar-refractivity contribution is 7.85. The molecule has 0 rings (SSSR count). The first-order valence-corrected chi connectivity index (χ1v) is 2.63. The molecule has 0 fully saturated rings. The number of alkyl halides is 1. The second-order valence-corrected chi connectivity index (χ2v) is 2.00. The minimum Gasteiger partial charge on any atom is -0.746 e. The topological polar surface area (TPSA) is 57.2 Å². The highest BCUT2D eigenvalue weighted by Crippen LogP contribution is 1.77. The first kappa shape index (κ1) is 5.84. The lowest BCUT2D eigenvalue weighted by Gasteiger charge is -1.94. The average molecular weight is 113 g/mol. The van der Waals surface area contributed by atoms with Gasteiger partial charge in [0.15, 0.2) is 6.01 Å². The Morgan fingerprint density at radius 2 is 1.83 bits per heavy atom. The van der Waals surface area contributed by atoms with Crippen LogP contribution in [0, 0.1) is 0 Å². The van der Waals surface area contributed by atoms with E-state index >= 15 is 0 Å². The Kier molecular flexibility index (Phi) is 1.48. The molecule has 0 aromatic heterocycles. The minimum absolute atomic E-state index is 1.81. The largest absolute Gasteiger partial charge is 0.746 e. The summed E-state index contributed by atoms with van der Waals surface area (Å²) < 4.78 is 37.8. The van der Waals surface area contributed by atoms with E-state index in [-0.39, 0.29) is 0 Å². The molecule has 0 radical (unpaired) electrons. The van der Waals surface area contributed by atoms with Crippen LogP contribution in [0.1, 0.15) is 0 Å². The predicted molar refractivity (Wildman–Crippen MR) is 15.7 cm³/mol. The lowest BCUT2D eigenvalue weighted by molar-refractivity contribution is 0.431. The van der Waals surface area contributed by atoms with Gasteiger partial charge in [0.2, 0.25) is 0 Å². The molecule has 0 atom stereocenters. The Morgan fingerprint density at radius 1 is 1.67 bits per heavy atom. The summed E-state index contributed by atoms with van der Waals surface area (Å²) in [5.74, 6) is 0.